The van der Waals surface area contributed by atoms with Crippen LogP contribution in [0.4, 0.5) is 0 Å². The first-order valence-electron chi connectivity index (χ1n) is 11.9. The van der Waals surface area contributed by atoms with E-state index in [0.29, 0.717) is 13.0 Å². The Hall–Kier alpha value is -3.53. The molecule has 174 valence electrons. The molecule has 6 nitrogen and oxygen atoms in total. The molecule has 0 bridgehead atoms. The number of amides is 1. The van der Waals surface area contributed by atoms with Crippen molar-refractivity contribution in [1.82, 2.24) is 20.1 Å². The lowest BCUT2D eigenvalue weighted by atomic mass is 9.88. The van der Waals surface area contributed by atoms with Gasteiger partial charge < -0.3 is 5.32 Å². The van der Waals surface area contributed by atoms with E-state index >= 15 is 0 Å². The Bertz CT molecular complexity index is 1020. The highest BCUT2D eigenvalue weighted by Gasteiger charge is 2.25. The SMILES string of the molecule is N#CC(c1cccnc1)N1CCN(CCNC(=O)CC(c2ccccc2)c2ccccc2)CC1. The van der Waals surface area contributed by atoms with Gasteiger partial charge in [0.1, 0.15) is 6.04 Å². The number of carbonyl (C=O) groups is 1. The van der Waals surface area contributed by atoms with Crippen LogP contribution in [0, 0.1) is 11.3 Å². The summed E-state index contributed by atoms with van der Waals surface area (Å²) in [5.41, 5.74) is 3.25. The second-order valence-electron chi connectivity index (χ2n) is 8.62. The standard InChI is InChI=1S/C28H31N5O/c29-21-27(25-12-7-13-30-22-25)33-18-16-32(17-19-33)15-14-31-28(34)20-26(23-8-3-1-4-9-23)24-10-5-2-6-11-24/h1-13,22,26-27H,14-20H2,(H,31,34). The quantitative estimate of drug-likeness (QED) is 0.536. The number of nitrogens with one attached hydrogen (secondary N) is 1. The summed E-state index contributed by atoms with van der Waals surface area (Å²) in [6.45, 7) is 4.84. The van der Waals surface area contributed by atoms with Crippen molar-refractivity contribution >= 4 is 5.91 Å². The molecular weight excluding hydrogens is 422 g/mol. The Kier molecular flexibility index (Phi) is 8.39. The number of piperazine rings is 1. The molecule has 6 heteroatoms. The molecule has 0 saturated carbocycles. The minimum absolute atomic E-state index is 0.0429. The maximum atomic E-state index is 12.8. The lowest BCUT2D eigenvalue weighted by Crippen LogP contribution is -2.49. The van der Waals surface area contributed by atoms with Gasteiger partial charge in [0.15, 0.2) is 0 Å². The Morgan fingerprint density at radius 3 is 2.09 bits per heavy atom. The maximum absolute atomic E-state index is 12.8. The molecule has 2 aromatic carbocycles. The first kappa shape index (κ1) is 23.6. The molecule has 2 heterocycles. The van der Waals surface area contributed by atoms with Crippen LogP contribution in [0.25, 0.3) is 0 Å². The average molecular weight is 454 g/mol. The number of aromatic nitrogens is 1. The van der Waals surface area contributed by atoms with E-state index in [-0.39, 0.29) is 17.9 Å². The highest BCUT2D eigenvalue weighted by molar-refractivity contribution is 5.77. The second-order valence-corrected chi connectivity index (χ2v) is 8.62. The molecular formula is C28H31N5O. The summed E-state index contributed by atoms with van der Waals surface area (Å²) >= 11 is 0. The lowest BCUT2D eigenvalue weighted by molar-refractivity contribution is -0.121. The minimum Gasteiger partial charge on any atom is -0.355 e. The van der Waals surface area contributed by atoms with Gasteiger partial charge in [-0.05, 0) is 17.2 Å². The molecule has 0 radical (unpaired) electrons. The number of rotatable bonds is 9. The molecule has 4 rings (SSSR count). The topological polar surface area (TPSA) is 72.3 Å². The van der Waals surface area contributed by atoms with E-state index in [1.807, 2.05) is 48.5 Å². The first-order chi connectivity index (χ1) is 16.7. The highest BCUT2D eigenvalue weighted by atomic mass is 16.1. The molecule has 0 spiro atoms. The van der Waals surface area contributed by atoms with Crippen LogP contribution in [0.15, 0.2) is 85.2 Å². The van der Waals surface area contributed by atoms with E-state index in [0.717, 1.165) is 49.4 Å². The van der Waals surface area contributed by atoms with Crippen LogP contribution in [0.5, 0.6) is 0 Å². The van der Waals surface area contributed by atoms with Gasteiger partial charge in [0.2, 0.25) is 5.91 Å². The fourth-order valence-electron chi connectivity index (χ4n) is 4.56. The monoisotopic (exact) mass is 453 g/mol. The van der Waals surface area contributed by atoms with Gasteiger partial charge in [-0.25, -0.2) is 0 Å². The van der Waals surface area contributed by atoms with Crippen LogP contribution in [0.2, 0.25) is 0 Å². The van der Waals surface area contributed by atoms with Gasteiger partial charge in [0.25, 0.3) is 0 Å². The van der Waals surface area contributed by atoms with Gasteiger partial charge >= 0.3 is 0 Å². The van der Waals surface area contributed by atoms with Crippen LogP contribution < -0.4 is 5.32 Å². The summed E-state index contributed by atoms with van der Waals surface area (Å²) in [6, 6.07) is 26.4. The fraction of sp³-hybridized carbons (Fsp3) is 0.321. The zero-order chi connectivity index (χ0) is 23.6. The van der Waals surface area contributed by atoms with E-state index in [9.17, 15) is 10.1 Å². The second kappa shape index (κ2) is 12.1. The molecule has 1 saturated heterocycles. The fourth-order valence-corrected chi connectivity index (χ4v) is 4.56. The summed E-state index contributed by atoms with van der Waals surface area (Å²) in [6.07, 6.45) is 3.93. The number of nitrogens with zero attached hydrogens (tertiary/aromatic N) is 4. The molecule has 0 aliphatic carbocycles. The van der Waals surface area contributed by atoms with Crippen molar-refractivity contribution < 1.29 is 4.79 Å². The van der Waals surface area contributed by atoms with Gasteiger partial charge in [-0.15, -0.1) is 0 Å². The number of hydrogen-bond donors (Lipinski definition) is 1. The number of pyridine rings is 1. The molecule has 34 heavy (non-hydrogen) atoms. The maximum Gasteiger partial charge on any atom is 0.220 e. The van der Waals surface area contributed by atoms with Crippen LogP contribution in [0.1, 0.15) is 35.1 Å². The average Bonchev–Trinajstić information content (AvgIpc) is 2.90. The smallest absolute Gasteiger partial charge is 0.220 e. The summed E-state index contributed by atoms with van der Waals surface area (Å²) in [5.74, 6) is 0.110. The Morgan fingerprint density at radius 2 is 1.53 bits per heavy atom. The summed E-state index contributed by atoms with van der Waals surface area (Å²) in [7, 11) is 0. The van der Waals surface area contributed by atoms with Crippen molar-refractivity contribution in [2.75, 3.05) is 39.3 Å². The van der Waals surface area contributed by atoms with Crippen molar-refractivity contribution in [3.8, 4) is 6.07 Å². The number of benzene rings is 2. The van der Waals surface area contributed by atoms with Crippen LogP contribution in [-0.4, -0.2) is 60.0 Å². The lowest BCUT2D eigenvalue weighted by Gasteiger charge is -2.36. The van der Waals surface area contributed by atoms with Crippen LogP contribution in [0.3, 0.4) is 0 Å². The molecule has 1 aliphatic heterocycles. The third kappa shape index (κ3) is 6.28. The Balaban J connectivity index is 1.24. The first-order valence-corrected chi connectivity index (χ1v) is 11.9. The third-order valence-electron chi connectivity index (χ3n) is 6.44. The third-order valence-corrected chi connectivity index (χ3v) is 6.44. The summed E-state index contributed by atoms with van der Waals surface area (Å²) in [5, 5.41) is 12.8. The minimum atomic E-state index is -0.261. The molecule has 1 N–H and O–H groups in total. The van der Waals surface area contributed by atoms with Gasteiger partial charge in [-0.1, -0.05) is 66.7 Å². The predicted octanol–water partition coefficient (Wildman–Crippen LogP) is 3.60. The van der Waals surface area contributed by atoms with Crippen molar-refractivity contribution in [2.45, 2.75) is 18.4 Å². The van der Waals surface area contributed by atoms with E-state index in [2.05, 4.69) is 50.4 Å². The number of nitriles is 1. The van der Waals surface area contributed by atoms with Crippen molar-refractivity contribution in [3.63, 3.8) is 0 Å². The molecule has 1 amide bonds. The zero-order valence-corrected chi connectivity index (χ0v) is 19.4. The van der Waals surface area contributed by atoms with Crippen molar-refractivity contribution in [1.29, 1.82) is 5.26 Å². The normalized spacial score (nSPS) is 15.5. The number of hydrogen-bond acceptors (Lipinski definition) is 5. The Labute approximate surface area is 201 Å². The molecule has 1 fully saturated rings. The largest absolute Gasteiger partial charge is 0.355 e. The van der Waals surface area contributed by atoms with Crippen LogP contribution in [-0.2, 0) is 4.79 Å². The van der Waals surface area contributed by atoms with Gasteiger partial charge in [-0.2, -0.15) is 5.26 Å². The van der Waals surface area contributed by atoms with E-state index in [4.69, 9.17) is 0 Å². The summed E-state index contributed by atoms with van der Waals surface area (Å²) in [4.78, 5) is 21.5. The summed E-state index contributed by atoms with van der Waals surface area (Å²) < 4.78 is 0. The predicted molar refractivity (Wildman–Crippen MR) is 133 cm³/mol. The number of carbonyl (C=O) groups excluding carboxylic acids is 1. The van der Waals surface area contributed by atoms with E-state index in [1.54, 1.807) is 12.4 Å². The molecule has 1 aliphatic rings. The molecule has 3 aromatic rings. The zero-order valence-electron chi connectivity index (χ0n) is 19.4. The molecule has 1 aromatic heterocycles. The van der Waals surface area contributed by atoms with Crippen LogP contribution >= 0.6 is 0 Å². The van der Waals surface area contributed by atoms with Gasteiger partial charge in [0.05, 0.1) is 6.07 Å². The van der Waals surface area contributed by atoms with Crippen molar-refractivity contribution in [3.05, 3.63) is 102 Å². The van der Waals surface area contributed by atoms with Gasteiger partial charge in [0, 0.05) is 69.6 Å². The van der Waals surface area contributed by atoms with Gasteiger partial charge in [-0.3, -0.25) is 19.6 Å². The van der Waals surface area contributed by atoms with E-state index in [1.165, 1.54) is 0 Å². The molecule has 1 unspecified atom stereocenters. The molecule has 1 atom stereocenters. The van der Waals surface area contributed by atoms with E-state index < -0.39 is 0 Å². The van der Waals surface area contributed by atoms with Crippen molar-refractivity contribution in [2.24, 2.45) is 0 Å². The Morgan fingerprint density at radius 1 is 0.912 bits per heavy atom. The highest BCUT2D eigenvalue weighted by Crippen LogP contribution is 2.27.